The summed E-state index contributed by atoms with van der Waals surface area (Å²) >= 11 is 2.76. The molecular weight excluding hydrogens is 368 g/mol. The summed E-state index contributed by atoms with van der Waals surface area (Å²) in [6.45, 7) is 0. The Morgan fingerprint density at radius 3 is 3.00 bits per heavy atom. The summed E-state index contributed by atoms with van der Waals surface area (Å²) in [5.74, 6) is -0.675. The molecule has 2 aliphatic heterocycles. The molecule has 0 radical (unpaired) electrons. The predicted molar refractivity (Wildman–Crippen MR) is 88.9 cm³/mol. The maximum absolute atomic E-state index is 11.9. The van der Waals surface area contributed by atoms with Crippen LogP contribution >= 0.6 is 23.5 Å². The van der Waals surface area contributed by atoms with Crippen LogP contribution in [0.4, 0.5) is 0 Å². The monoisotopic (exact) mass is 380 g/mol. The Morgan fingerprint density at radius 2 is 2.24 bits per heavy atom. The molecule has 1 saturated heterocycles. The van der Waals surface area contributed by atoms with E-state index in [0.29, 0.717) is 27.8 Å². The molecular formula is C13H12N6O4S2. The molecule has 4 N–H and O–H groups in total. The fourth-order valence-electron chi connectivity index (χ4n) is 2.69. The molecule has 12 heteroatoms. The largest absolute Gasteiger partial charge is 0.478 e. The number of nitrogens with two attached hydrogens (primary N) is 1. The normalized spacial score (nSPS) is 22.9. The van der Waals surface area contributed by atoms with Crippen LogP contribution in [0.5, 0.6) is 6.01 Å². The van der Waals surface area contributed by atoms with Crippen molar-refractivity contribution < 1.29 is 19.8 Å². The number of aromatic hydroxyl groups is 1. The highest BCUT2D eigenvalue weighted by Gasteiger charge is 2.51. The quantitative estimate of drug-likeness (QED) is 0.468. The molecule has 0 bridgehead atoms. The third-order valence-corrected chi connectivity index (χ3v) is 6.27. The van der Waals surface area contributed by atoms with Crippen LogP contribution in [0.3, 0.4) is 0 Å². The van der Waals surface area contributed by atoms with Gasteiger partial charge in [0.2, 0.25) is 5.91 Å². The number of carbonyl (C=O) groups excluding carboxylic acids is 1. The lowest BCUT2D eigenvalue weighted by Crippen LogP contribution is -2.68. The molecule has 0 saturated carbocycles. The van der Waals surface area contributed by atoms with Crippen LogP contribution in [0.25, 0.3) is 5.65 Å². The molecule has 4 heterocycles. The first-order valence-corrected chi connectivity index (χ1v) is 9.20. The second-order valence-corrected chi connectivity index (χ2v) is 7.52. The van der Waals surface area contributed by atoms with Crippen molar-refractivity contribution in [1.29, 1.82) is 0 Å². The molecule has 1 amide bonds. The van der Waals surface area contributed by atoms with E-state index in [1.54, 1.807) is 12.1 Å². The van der Waals surface area contributed by atoms with Gasteiger partial charge in [-0.05, 0) is 17.7 Å². The van der Waals surface area contributed by atoms with E-state index in [9.17, 15) is 19.8 Å². The van der Waals surface area contributed by atoms with Crippen molar-refractivity contribution in [3.63, 3.8) is 0 Å². The minimum absolute atomic E-state index is 0.0103. The Labute approximate surface area is 149 Å². The van der Waals surface area contributed by atoms with E-state index in [4.69, 9.17) is 5.73 Å². The molecule has 130 valence electrons. The smallest absolute Gasteiger partial charge is 0.352 e. The average Bonchev–Trinajstić information content (AvgIpc) is 2.98. The summed E-state index contributed by atoms with van der Waals surface area (Å²) in [4.78, 5) is 24.8. The zero-order valence-electron chi connectivity index (χ0n) is 12.6. The second kappa shape index (κ2) is 5.89. The van der Waals surface area contributed by atoms with Crippen molar-refractivity contribution in [2.24, 2.45) is 5.73 Å². The van der Waals surface area contributed by atoms with E-state index in [0.717, 1.165) is 0 Å². The van der Waals surface area contributed by atoms with Crippen molar-refractivity contribution >= 4 is 41.0 Å². The number of rotatable bonds is 4. The first-order chi connectivity index (χ1) is 12.0. The molecule has 2 aromatic heterocycles. The van der Waals surface area contributed by atoms with Crippen LogP contribution in [-0.2, 0) is 9.59 Å². The molecule has 0 aliphatic carbocycles. The lowest BCUT2D eigenvalue weighted by Gasteiger charge is -2.48. The summed E-state index contributed by atoms with van der Waals surface area (Å²) in [6, 6.07) is 2.39. The van der Waals surface area contributed by atoms with Gasteiger partial charge in [0.1, 0.15) is 22.1 Å². The SMILES string of the molecule is NC1C(=O)N2C(C(=O)O)=C(CSc3ccc4nnc(O)n4n3)CS[C@@H]12. The summed E-state index contributed by atoms with van der Waals surface area (Å²) < 4.78 is 1.19. The Hall–Kier alpha value is -2.31. The van der Waals surface area contributed by atoms with Gasteiger partial charge in [-0.2, -0.15) is 9.61 Å². The van der Waals surface area contributed by atoms with Crippen molar-refractivity contribution in [2.45, 2.75) is 16.4 Å². The molecule has 1 unspecified atom stereocenters. The summed E-state index contributed by atoms with van der Waals surface area (Å²) in [6.07, 6.45) is 0. The Morgan fingerprint density at radius 1 is 1.44 bits per heavy atom. The fourth-order valence-corrected chi connectivity index (χ4v) is 4.98. The first kappa shape index (κ1) is 16.2. The number of β-lactam (4-membered cyclic amide) rings is 1. The maximum atomic E-state index is 11.9. The van der Waals surface area contributed by atoms with Crippen molar-refractivity contribution in [3.8, 4) is 6.01 Å². The number of fused-ring (bicyclic) bond motifs is 2. The number of hydrogen-bond donors (Lipinski definition) is 3. The minimum atomic E-state index is -1.14. The molecule has 2 aromatic rings. The van der Waals surface area contributed by atoms with Crippen molar-refractivity contribution in [3.05, 3.63) is 23.4 Å². The molecule has 2 aliphatic rings. The number of nitrogens with zero attached hydrogens (tertiary/aromatic N) is 5. The van der Waals surface area contributed by atoms with Gasteiger partial charge in [-0.3, -0.25) is 9.69 Å². The topological polar surface area (TPSA) is 147 Å². The van der Waals surface area contributed by atoms with Crippen molar-refractivity contribution in [2.75, 3.05) is 11.5 Å². The molecule has 2 atom stereocenters. The number of carboxylic acids is 1. The number of thioether (sulfide) groups is 2. The third-order valence-electron chi connectivity index (χ3n) is 3.91. The fraction of sp³-hybridized carbons (Fsp3) is 0.308. The van der Waals surface area contributed by atoms with Gasteiger partial charge >= 0.3 is 12.0 Å². The van der Waals surface area contributed by atoms with Gasteiger partial charge in [0.05, 0.1) is 0 Å². The van der Waals surface area contributed by atoms with Gasteiger partial charge in [0, 0.05) is 11.5 Å². The lowest BCUT2D eigenvalue weighted by molar-refractivity contribution is -0.147. The van der Waals surface area contributed by atoms with Crippen molar-refractivity contribution in [1.82, 2.24) is 24.7 Å². The van der Waals surface area contributed by atoms with Gasteiger partial charge in [0.25, 0.3) is 0 Å². The molecule has 0 aromatic carbocycles. The number of carboxylic acid groups (broad SMARTS) is 1. The first-order valence-electron chi connectivity index (χ1n) is 7.17. The van der Waals surface area contributed by atoms with E-state index >= 15 is 0 Å². The molecule has 10 nitrogen and oxygen atoms in total. The predicted octanol–water partition coefficient (Wildman–Crippen LogP) is -0.497. The number of aliphatic carboxylic acids is 1. The van der Waals surface area contributed by atoms with E-state index in [2.05, 4.69) is 15.3 Å². The van der Waals surface area contributed by atoms with Crippen LogP contribution in [0.1, 0.15) is 0 Å². The van der Waals surface area contributed by atoms with Crippen LogP contribution in [0, 0.1) is 0 Å². The highest BCUT2D eigenvalue weighted by molar-refractivity contribution is 8.01. The van der Waals surface area contributed by atoms with E-state index < -0.39 is 12.0 Å². The average molecular weight is 380 g/mol. The van der Waals surface area contributed by atoms with Gasteiger partial charge < -0.3 is 15.9 Å². The van der Waals surface area contributed by atoms with Gasteiger partial charge in [-0.15, -0.1) is 28.6 Å². The summed E-state index contributed by atoms with van der Waals surface area (Å²) in [5, 5.41) is 30.8. The lowest BCUT2D eigenvalue weighted by atomic mass is 10.0. The summed E-state index contributed by atoms with van der Waals surface area (Å²) in [5.41, 5.74) is 6.77. The molecule has 0 spiro atoms. The van der Waals surface area contributed by atoms with Gasteiger partial charge in [0.15, 0.2) is 5.65 Å². The Balaban J connectivity index is 1.58. The van der Waals surface area contributed by atoms with Crippen LogP contribution < -0.4 is 5.73 Å². The standard InChI is InChI=1S/C13H12N6O4S2/c14-8-10(20)18-9(12(21)22)5(4-25-11(8)18)3-24-7-2-1-6-15-16-13(23)19(6)17-7/h1-2,8,11H,3-4,14H2,(H,16,23)(H,21,22)/t8?,11-/m0/s1. The van der Waals surface area contributed by atoms with Crippen LogP contribution in [0.15, 0.2) is 28.4 Å². The van der Waals surface area contributed by atoms with Crippen LogP contribution in [-0.4, -0.2) is 69.7 Å². The number of hydrogen-bond acceptors (Lipinski definition) is 9. The summed E-state index contributed by atoms with van der Waals surface area (Å²) in [7, 11) is 0. The molecule has 25 heavy (non-hydrogen) atoms. The van der Waals surface area contributed by atoms with Crippen LogP contribution in [0.2, 0.25) is 0 Å². The zero-order valence-corrected chi connectivity index (χ0v) is 14.2. The van der Waals surface area contributed by atoms with Gasteiger partial charge in [-0.25, -0.2) is 4.79 Å². The second-order valence-electron chi connectivity index (χ2n) is 5.42. The highest BCUT2D eigenvalue weighted by atomic mass is 32.2. The maximum Gasteiger partial charge on any atom is 0.352 e. The Bertz CT molecular complexity index is 928. The highest BCUT2D eigenvalue weighted by Crippen LogP contribution is 2.40. The van der Waals surface area contributed by atoms with E-state index in [-0.39, 0.29) is 23.0 Å². The number of amides is 1. The third kappa shape index (κ3) is 2.53. The minimum Gasteiger partial charge on any atom is -0.478 e. The Kier molecular flexibility index (Phi) is 3.81. The number of carbonyl (C=O) groups is 2. The van der Waals surface area contributed by atoms with E-state index in [1.165, 1.54) is 32.9 Å². The van der Waals surface area contributed by atoms with E-state index in [1.807, 2.05) is 0 Å². The van der Waals surface area contributed by atoms with Gasteiger partial charge in [-0.1, -0.05) is 5.10 Å². The molecule has 4 rings (SSSR count). The molecule has 1 fully saturated rings. The zero-order chi connectivity index (χ0) is 17.7. The number of aromatic nitrogens is 4.